The van der Waals surface area contributed by atoms with Crippen LogP contribution in [0, 0.1) is 6.92 Å². The van der Waals surface area contributed by atoms with Crippen LogP contribution in [-0.4, -0.2) is 15.6 Å². The third kappa shape index (κ3) is 1.90. The molecule has 0 atom stereocenters. The second-order valence-corrected chi connectivity index (χ2v) is 5.01. The average molecular weight is 245 g/mol. The van der Waals surface area contributed by atoms with Crippen molar-refractivity contribution in [1.82, 2.24) is 4.57 Å². The van der Waals surface area contributed by atoms with Crippen molar-refractivity contribution in [3.63, 3.8) is 0 Å². The van der Waals surface area contributed by atoms with Crippen molar-refractivity contribution >= 4 is 16.9 Å². The molecule has 2 aromatic rings. The molecule has 3 nitrogen and oxygen atoms in total. The number of carboxylic acids is 1. The first kappa shape index (κ1) is 12.7. The van der Waals surface area contributed by atoms with Gasteiger partial charge in [0.2, 0.25) is 0 Å². The zero-order valence-corrected chi connectivity index (χ0v) is 11.3. The number of fused-ring (bicyclic) bond motifs is 1. The van der Waals surface area contributed by atoms with E-state index < -0.39 is 5.97 Å². The maximum absolute atomic E-state index is 11.5. The Morgan fingerprint density at radius 3 is 2.56 bits per heavy atom. The molecule has 1 aromatic heterocycles. The van der Waals surface area contributed by atoms with E-state index in [-0.39, 0.29) is 6.04 Å². The summed E-state index contributed by atoms with van der Waals surface area (Å²) >= 11 is 0. The Morgan fingerprint density at radius 2 is 2.06 bits per heavy atom. The Kier molecular flexibility index (Phi) is 3.16. The van der Waals surface area contributed by atoms with Gasteiger partial charge in [-0.15, -0.1) is 0 Å². The summed E-state index contributed by atoms with van der Waals surface area (Å²) in [7, 11) is 0. The van der Waals surface area contributed by atoms with Gasteiger partial charge in [0.25, 0.3) is 0 Å². The number of hydrogen-bond acceptors (Lipinski definition) is 1. The van der Waals surface area contributed by atoms with E-state index in [2.05, 4.69) is 19.9 Å². The maximum atomic E-state index is 11.5. The van der Waals surface area contributed by atoms with Gasteiger partial charge < -0.3 is 9.67 Å². The van der Waals surface area contributed by atoms with E-state index in [1.54, 1.807) is 6.07 Å². The van der Waals surface area contributed by atoms with Gasteiger partial charge in [0.15, 0.2) is 0 Å². The van der Waals surface area contributed by atoms with E-state index in [0.29, 0.717) is 5.56 Å². The highest BCUT2D eigenvalue weighted by molar-refractivity contribution is 6.03. The fourth-order valence-corrected chi connectivity index (χ4v) is 2.39. The first-order valence-electron chi connectivity index (χ1n) is 6.33. The van der Waals surface area contributed by atoms with Gasteiger partial charge in [0.1, 0.15) is 0 Å². The smallest absolute Gasteiger partial charge is 0.337 e. The van der Waals surface area contributed by atoms with E-state index in [1.165, 1.54) is 0 Å². The molecule has 1 heterocycles. The van der Waals surface area contributed by atoms with Gasteiger partial charge in [-0.05, 0) is 50.5 Å². The molecule has 2 rings (SSSR count). The fraction of sp³-hybridized carbons (Fsp3) is 0.400. The number of nitrogens with zero attached hydrogens (tertiary/aromatic N) is 1. The highest BCUT2D eigenvalue weighted by atomic mass is 16.4. The van der Waals surface area contributed by atoms with Gasteiger partial charge in [-0.3, -0.25) is 0 Å². The van der Waals surface area contributed by atoms with E-state index >= 15 is 0 Å². The Labute approximate surface area is 107 Å². The van der Waals surface area contributed by atoms with Crippen LogP contribution in [0.25, 0.3) is 10.9 Å². The summed E-state index contributed by atoms with van der Waals surface area (Å²) in [5.74, 6) is -0.852. The lowest BCUT2D eigenvalue weighted by Crippen LogP contribution is -2.05. The summed E-state index contributed by atoms with van der Waals surface area (Å²) in [5.41, 5.74) is 3.46. The molecule has 3 heteroatoms. The van der Waals surface area contributed by atoms with Crippen LogP contribution >= 0.6 is 0 Å². The molecule has 0 saturated carbocycles. The summed E-state index contributed by atoms with van der Waals surface area (Å²) in [6.45, 7) is 8.21. The van der Waals surface area contributed by atoms with Crippen LogP contribution in [0.1, 0.15) is 48.3 Å². The number of rotatable bonds is 3. The predicted octanol–water partition coefficient (Wildman–Crippen LogP) is 3.79. The first-order valence-corrected chi connectivity index (χ1v) is 6.33. The third-order valence-corrected chi connectivity index (χ3v) is 3.38. The number of aryl methyl sites for hydroxylation is 2. The molecule has 1 N–H and O–H groups in total. The molecule has 0 fully saturated rings. The number of hydrogen-bond donors (Lipinski definition) is 1. The largest absolute Gasteiger partial charge is 0.478 e. The van der Waals surface area contributed by atoms with Gasteiger partial charge in [0, 0.05) is 17.6 Å². The van der Waals surface area contributed by atoms with Crippen LogP contribution in [0.5, 0.6) is 0 Å². The van der Waals surface area contributed by atoms with E-state index in [1.807, 2.05) is 24.6 Å². The number of carbonyl (C=O) groups is 1. The monoisotopic (exact) mass is 245 g/mol. The molecule has 96 valence electrons. The van der Waals surface area contributed by atoms with Gasteiger partial charge in [-0.1, -0.05) is 6.92 Å². The number of aromatic nitrogens is 1. The lowest BCUT2D eigenvalue weighted by molar-refractivity contribution is 0.0698. The zero-order chi connectivity index (χ0) is 13.4. The van der Waals surface area contributed by atoms with Crippen molar-refractivity contribution in [1.29, 1.82) is 0 Å². The highest BCUT2D eigenvalue weighted by Crippen LogP contribution is 2.29. The lowest BCUT2D eigenvalue weighted by atomic mass is 10.0. The van der Waals surface area contributed by atoms with Crippen LogP contribution in [0.3, 0.4) is 0 Å². The highest BCUT2D eigenvalue weighted by Gasteiger charge is 2.17. The SMILES string of the molecule is CCc1cc(C(=O)O)c2c(c1)c(C)cn2C(C)C. The van der Waals surface area contributed by atoms with Crippen LogP contribution < -0.4 is 0 Å². The number of carboxylic acid groups (broad SMARTS) is 1. The Morgan fingerprint density at radius 1 is 1.39 bits per heavy atom. The van der Waals surface area contributed by atoms with Gasteiger partial charge in [0.05, 0.1) is 11.1 Å². The predicted molar refractivity (Wildman–Crippen MR) is 73.4 cm³/mol. The van der Waals surface area contributed by atoms with E-state index in [0.717, 1.165) is 28.5 Å². The maximum Gasteiger partial charge on any atom is 0.337 e. The van der Waals surface area contributed by atoms with E-state index in [4.69, 9.17) is 0 Å². The molecule has 0 spiro atoms. The molecule has 0 saturated heterocycles. The van der Waals surface area contributed by atoms with E-state index in [9.17, 15) is 9.90 Å². The topological polar surface area (TPSA) is 42.2 Å². The third-order valence-electron chi connectivity index (χ3n) is 3.38. The van der Waals surface area contributed by atoms with Crippen LogP contribution in [0.15, 0.2) is 18.3 Å². The average Bonchev–Trinajstić information content (AvgIpc) is 2.66. The molecule has 0 unspecified atom stereocenters. The zero-order valence-electron chi connectivity index (χ0n) is 11.3. The molecule has 0 aliphatic carbocycles. The van der Waals surface area contributed by atoms with Crippen molar-refractivity contribution in [2.75, 3.05) is 0 Å². The first-order chi connectivity index (χ1) is 8.45. The molecule has 0 aliphatic heterocycles. The summed E-state index contributed by atoms with van der Waals surface area (Å²) in [6, 6.07) is 4.16. The number of benzene rings is 1. The minimum atomic E-state index is -0.852. The summed E-state index contributed by atoms with van der Waals surface area (Å²) in [6.07, 6.45) is 2.89. The van der Waals surface area contributed by atoms with Crippen molar-refractivity contribution in [2.45, 2.75) is 40.2 Å². The Hall–Kier alpha value is -1.77. The molecule has 0 radical (unpaired) electrons. The van der Waals surface area contributed by atoms with Crippen LogP contribution in [-0.2, 0) is 6.42 Å². The van der Waals surface area contributed by atoms with Gasteiger partial charge >= 0.3 is 5.97 Å². The molecule has 0 amide bonds. The molecule has 18 heavy (non-hydrogen) atoms. The molecular weight excluding hydrogens is 226 g/mol. The quantitative estimate of drug-likeness (QED) is 0.893. The normalized spacial score (nSPS) is 11.4. The lowest BCUT2D eigenvalue weighted by Gasteiger charge is -2.12. The minimum absolute atomic E-state index is 0.256. The number of aromatic carboxylic acids is 1. The standard InChI is InChI=1S/C15H19NO2/c1-5-11-6-12-10(4)8-16(9(2)3)14(12)13(7-11)15(17)18/h6-9H,5H2,1-4H3,(H,17,18). The second-order valence-electron chi connectivity index (χ2n) is 5.01. The van der Waals surface area contributed by atoms with Crippen molar-refractivity contribution < 1.29 is 9.90 Å². The van der Waals surface area contributed by atoms with Crippen molar-refractivity contribution in [2.24, 2.45) is 0 Å². The fourth-order valence-electron chi connectivity index (χ4n) is 2.39. The summed E-state index contributed by atoms with van der Waals surface area (Å²) < 4.78 is 2.05. The second kappa shape index (κ2) is 4.48. The summed E-state index contributed by atoms with van der Waals surface area (Å²) in [4.78, 5) is 11.5. The van der Waals surface area contributed by atoms with Crippen LogP contribution in [0.4, 0.5) is 0 Å². The molecular formula is C15H19NO2. The van der Waals surface area contributed by atoms with Crippen LogP contribution in [0.2, 0.25) is 0 Å². The van der Waals surface area contributed by atoms with Crippen molar-refractivity contribution in [3.05, 3.63) is 35.0 Å². The molecule has 0 aliphatic rings. The molecule has 1 aromatic carbocycles. The Bertz CT molecular complexity index is 608. The van der Waals surface area contributed by atoms with Gasteiger partial charge in [-0.2, -0.15) is 0 Å². The molecule has 0 bridgehead atoms. The Balaban J connectivity index is 2.89. The minimum Gasteiger partial charge on any atom is -0.478 e. The summed E-state index contributed by atoms with van der Waals surface area (Å²) in [5, 5.41) is 10.5. The van der Waals surface area contributed by atoms with Crippen molar-refractivity contribution in [3.8, 4) is 0 Å². The van der Waals surface area contributed by atoms with Gasteiger partial charge in [-0.25, -0.2) is 4.79 Å².